The van der Waals surface area contributed by atoms with Gasteiger partial charge in [-0.1, -0.05) is 45.3 Å². The number of azide groups is 1. The molecule has 1 rings (SSSR count). The quantitative estimate of drug-likeness (QED) is 0.376. The van der Waals surface area contributed by atoms with Crippen LogP contribution in [-0.2, 0) is 5.33 Å². The molecule has 0 radical (unpaired) electrons. The second-order valence-corrected chi connectivity index (χ2v) is 3.86. The minimum absolute atomic E-state index is 0.141. The van der Waals surface area contributed by atoms with Crippen LogP contribution in [0.3, 0.4) is 0 Å². The van der Waals surface area contributed by atoms with Crippen LogP contribution in [0, 0.1) is 0 Å². The lowest BCUT2D eigenvalue weighted by Crippen LogP contribution is -2.21. The summed E-state index contributed by atoms with van der Waals surface area (Å²) >= 11 is 3.32. The van der Waals surface area contributed by atoms with Gasteiger partial charge in [0.25, 0.3) is 0 Å². The maximum atomic E-state index is 9.73. The SMILES string of the molecule is [N-]=[N+]=NCC(O)C(O)c1ccc(CBr)cc1. The highest BCUT2D eigenvalue weighted by molar-refractivity contribution is 9.08. The molecule has 2 unspecified atom stereocenters. The van der Waals surface area contributed by atoms with E-state index in [9.17, 15) is 10.2 Å². The average molecular weight is 286 g/mol. The van der Waals surface area contributed by atoms with Gasteiger partial charge in [0.15, 0.2) is 0 Å². The lowest BCUT2D eigenvalue weighted by Gasteiger charge is -2.16. The standard InChI is InChI=1S/C10H12BrN3O2/c11-5-7-1-3-8(4-2-7)10(16)9(15)6-13-14-12/h1-4,9-10,15-16H,5-6H2. The number of aliphatic hydroxyl groups is 2. The summed E-state index contributed by atoms with van der Waals surface area (Å²) in [4.78, 5) is 2.53. The van der Waals surface area contributed by atoms with Gasteiger partial charge in [-0.25, -0.2) is 0 Å². The van der Waals surface area contributed by atoms with Gasteiger partial charge in [-0.3, -0.25) is 0 Å². The molecular formula is C10H12BrN3O2. The second kappa shape index (κ2) is 6.50. The van der Waals surface area contributed by atoms with Crippen LogP contribution >= 0.6 is 15.9 Å². The zero-order valence-corrected chi connectivity index (χ0v) is 10.1. The van der Waals surface area contributed by atoms with Crippen molar-refractivity contribution in [1.82, 2.24) is 0 Å². The van der Waals surface area contributed by atoms with E-state index in [1.54, 1.807) is 12.1 Å². The Morgan fingerprint density at radius 3 is 2.44 bits per heavy atom. The first-order valence-corrected chi connectivity index (χ1v) is 5.83. The lowest BCUT2D eigenvalue weighted by molar-refractivity contribution is 0.0244. The molecule has 0 aliphatic heterocycles. The van der Waals surface area contributed by atoms with Crippen molar-refractivity contribution in [3.8, 4) is 0 Å². The van der Waals surface area contributed by atoms with Crippen LogP contribution < -0.4 is 0 Å². The van der Waals surface area contributed by atoms with E-state index in [0.717, 1.165) is 10.9 Å². The molecule has 0 saturated heterocycles. The smallest absolute Gasteiger partial charge is 0.105 e. The summed E-state index contributed by atoms with van der Waals surface area (Å²) in [6.45, 7) is -0.141. The van der Waals surface area contributed by atoms with Crippen molar-refractivity contribution in [2.45, 2.75) is 17.5 Å². The van der Waals surface area contributed by atoms with Gasteiger partial charge >= 0.3 is 0 Å². The fourth-order valence-electron chi connectivity index (χ4n) is 1.25. The van der Waals surface area contributed by atoms with Crippen molar-refractivity contribution in [2.75, 3.05) is 6.54 Å². The van der Waals surface area contributed by atoms with E-state index < -0.39 is 12.2 Å². The molecular weight excluding hydrogens is 274 g/mol. The van der Waals surface area contributed by atoms with Crippen molar-refractivity contribution in [3.05, 3.63) is 45.8 Å². The Labute approximate surface area is 101 Å². The Hall–Kier alpha value is -1.07. The van der Waals surface area contributed by atoms with Crippen LogP contribution in [0.5, 0.6) is 0 Å². The monoisotopic (exact) mass is 285 g/mol. The summed E-state index contributed by atoms with van der Waals surface area (Å²) < 4.78 is 0. The van der Waals surface area contributed by atoms with Gasteiger partial charge in [0, 0.05) is 10.2 Å². The maximum absolute atomic E-state index is 9.73. The van der Waals surface area contributed by atoms with Crippen LogP contribution in [0.4, 0.5) is 0 Å². The predicted molar refractivity (Wildman–Crippen MR) is 64.1 cm³/mol. The second-order valence-electron chi connectivity index (χ2n) is 3.30. The summed E-state index contributed by atoms with van der Waals surface area (Å²) in [5.41, 5.74) is 9.78. The van der Waals surface area contributed by atoms with E-state index in [1.165, 1.54) is 0 Å². The molecule has 0 spiro atoms. The number of aliphatic hydroxyl groups excluding tert-OH is 2. The summed E-state index contributed by atoms with van der Waals surface area (Å²) in [6, 6.07) is 7.18. The molecule has 2 atom stereocenters. The van der Waals surface area contributed by atoms with E-state index in [0.29, 0.717) is 5.56 Å². The first-order valence-electron chi connectivity index (χ1n) is 4.71. The van der Waals surface area contributed by atoms with Crippen molar-refractivity contribution >= 4 is 15.9 Å². The molecule has 1 aromatic rings. The van der Waals surface area contributed by atoms with Gasteiger partial charge in [0.05, 0.1) is 12.6 Å². The molecule has 0 saturated carbocycles. The highest BCUT2D eigenvalue weighted by Gasteiger charge is 2.17. The first kappa shape index (κ1) is 13.0. The Morgan fingerprint density at radius 2 is 1.94 bits per heavy atom. The molecule has 5 nitrogen and oxygen atoms in total. The van der Waals surface area contributed by atoms with Crippen molar-refractivity contribution in [3.63, 3.8) is 0 Å². The van der Waals surface area contributed by atoms with Crippen LogP contribution in [0.15, 0.2) is 29.4 Å². The van der Waals surface area contributed by atoms with Gasteiger partial charge in [-0.2, -0.15) is 0 Å². The van der Waals surface area contributed by atoms with Gasteiger partial charge in [-0.15, -0.1) is 0 Å². The molecule has 86 valence electrons. The fourth-order valence-corrected chi connectivity index (χ4v) is 1.62. The third-order valence-corrected chi connectivity index (χ3v) is 2.82. The van der Waals surface area contributed by atoms with Crippen LogP contribution in [0.1, 0.15) is 17.2 Å². The largest absolute Gasteiger partial charge is 0.390 e. The number of halogens is 1. The van der Waals surface area contributed by atoms with E-state index in [1.807, 2.05) is 12.1 Å². The van der Waals surface area contributed by atoms with Crippen molar-refractivity contribution in [2.24, 2.45) is 5.11 Å². The molecule has 0 amide bonds. The fraction of sp³-hybridized carbons (Fsp3) is 0.400. The Balaban J connectivity index is 2.71. The molecule has 0 aliphatic carbocycles. The summed E-state index contributed by atoms with van der Waals surface area (Å²) in [5, 5.41) is 23.2. The average Bonchev–Trinajstić information content (AvgIpc) is 2.35. The molecule has 2 N–H and O–H groups in total. The normalized spacial score (nSPS) is 13.9. The molecule has 0 aromatic heterocycles. The number of hydrogen-bond acceptors (Lipinski definition) is 3. The summed E-state index contributed by atoms with van der Waals surface area (Å²) in [5.74, 6) is 0. The summed E-state index contributed by atoms with van der Waals surface area (Å²) in [7, 11) is 0. The number of rotatable bonds is 5. The number of hydrogen-bond donors (Lipinski definition) is 2. The third-order valence-electron chi connectivity index (χ3n) is 2.17. The predicted octanol–water partition coefficient (Wildman–Crippen LogP) is 2.29. The molecule has 0 aliphatic rings. The minimum atomic E-state index is -1.08. The zero-order valence-electron chi connectivity index (χ0n) is 8.49. The van der Waals surface area contributed by atoms with E-state index in [-0.39, 0.29) is 6.54 Å². The van der Waals surface area contributed by atoms with Crippen LogP contribution in [-0.4, -0.2) is 22.9 Å². The number of benzene rings is 1. The van der Waals surface area contributed by atoms with E-state index >= 15 is 0 Å². The minimum Gasteiger partial charge on any atom is -0.390 e. The highest BCUT2D eigenvalue weighted by Crippen LogP contribution is 2.18. The van der Waals surface area contributed by atoms with Gasteiger partial charge in [0.2, 0.25) is 0 Å². The Bertz CT molecular complexity index is 376. The maximum Gasteiger partial charge on any atom is 0.105 e. The van der Waals surface area contributed by atoms with Gasteiger partial charge < -0.3 is 10.2 Å². The number of nitrogens with zero attached hydrogens (tertiary/aromatic N) is 3. The molecule has 1 aromatic carbocycles. The van der Waals surface area contributed by atoms with Gasteiger partial charge in [0.1, 0.15) is 6.10 Å². The third kappa shape index (κ3) is 3.50. The first-order chi connectivity index (χ1) is 7.69. The van der Waals surface area contributed by atoms with E-state index in [4.69, 9.17) is 5.53 Å². The molecule has 0 bridgehead atoms. The Kier molecular flexibility index (Phi) is 5.28. The molecule has 0 fully saturated rings. The van der Waals surface area contributed by atoms with Crippen LogP contribution in [0.2, 0.25) is 0 Å². The van der Waals surface area contributed by atoms with Crippen molar-refractivity contribution < 1.29 is 10.2 Å². The zero-order chi connectivity index (χ0) is 12.0. The molecule has 0 heterocycles. The topological polar surface area (TPSA) is 89.2 Å². The summed E-state index contributed by atoms with van der Waals surface area (Å²) in [6.07, 6.45) is -2.11. The van der Waals surface area contributed by atoms with Crippen LogP contribution in [0.25, 0.3) is 10.4 Å². The highest BCUT2D eigenvalue weighted by atomic mass is 79.9. The Morgan fingerprint density at radius 1 is 1.31 bits per heavy atom. The molecule has 16 heavy (non-hydrogen) atoms. The molecule has 6 heteroatoms. The lowest BCUT2D eigenvalue weighted by atomic mass is 10.0. The van der Waals surface area contributed by atoms with E-state index in [2.05, 4.69) is 26.0 Å². The van der Waals surface area contributed by atoms with Crippen molar-refractivity contribution in [1.29, 1.82) is 0 Å². The van der Waals surface area contributed by atoms with Gasteiger partial charge in [-0.05, 0) is 16.7 Å². The number of alkyl halides is 1.